The van der Waals surface area contributed by atoms with Crippen LogP contribution >= 0.6 is 0 Å². The van der Waals surface area contributed by atoms with Gasteiger partial charge in [-0.15, -0.1) is 0 Å². The molecule has 0 amide bonds. The molecule has 2 nitrogen and oxygen atoms in total. The lowest BCUT2D eigenvalue weighted by atomic mass is 9.92. The molecular formula is C8H16O2. The molecule has 0 aromatic heterocycles. The lowest BCUT2D eigenvalue weighted by Gasteiger charge is -2.27. The van der Waals surface area contributed by atoms with Gasteiger partial charge in [0.2, 0.25) is 0 Å². The minimum absolute atomic E-state index is 0.719. The highest BCUT2D eigenvalue weighted by atomic mass is 16.3. The normalized spacial score (nSPS) is 22.0. The Morgan fingerprint density at radius 3 is 2.10 bits per heavy atom. The topological polar surface area (TPSA) is 40.5 Å². The first kappa shape index (κ1) is 9.66. The Bertz CT molecular complexity index is 134. The number of rotatable bonds is 2. The molecule has 0 rings (SSSR count). The Balaban J connectivity index is 4.40. The molecule has 0 aliphatic carbocycles. The van der Waals surface area contributed by atoms with Gasteiger partial charge in [-0.1, -0.05) is 6.08 Å². The van der Waals surface area contributed by atoms with Gasteiger partial charge in [-0.2, -0.15) is 0 Å². The highest BCUT2D eigenvalue weighted by Crippen LogP contribution is 2.19. The average molecular weight is 144 g/mol. The van der Waals surface area contributed by atoms with Crippen LogP contribution in [0.4, 0.5) is 0 Å². The molecule has 2 atom stereocenters. The van der Waals surface area contributed by atoms with Gasteiger partial charge in [0.05, 0.1) is 6.10 Å². The van der Waals surface area contributed by atoms with E-state index >= 15 is 0 Å². The molecule has 0 aromatic carbocycles. The maximum Gasteiger partial charge on any atom is 0.108 e. The van der Waals surface area contributed by atoms with Crippen LogP contribution in [0.1, 0.15) is 27.7 Å². The first-order valence-electron chi connectivity index (χ1n) is 3.46. The summed E-state index contributed by atoms with van der Waals surface area (Å²) in [6.45, 7) is 6.82. The van der Waals surface area contributed by atoms with Crippen molar-refractivity contribution in [2.45, 2.75) is 39.4 Å². The molecule has 0 radical (unpaired) electrons. The van der Waals surface area contributed by atoms with Gasteiger partial charge in [-0.25, -0.2) is 0 Å². The van der Waals surface area contributed by atoms with Crippen molar-refractivity contribution < 1.29 is 10.2 Å². The van der Waals surface area contributed by atoms with Gasteiger partial charge in [0, 0.05) is 0 Å². The zero-order valence-corrected chi connectivity index (χ0v) is 7.05. The van der Waals surface area contributed by atoms with Crippen LogP contribution < -0.4 is 0 Å². The third-order valence-electron chi connectivity index (χ3n) is 2.04. The summed E-state index contributed by atoms with van der Waals surface area (Å²) in [4.78, 5) is 0. The van der Waals surface area contributed by atoms with Crippen LogP contribution in [0.2, 0.25) is 0 Å². The maximum absolute atomic E-state index is 9.54. The van der Waals surface area contributed by atoms with E-state index in [1.54, 1.807) is 26.8 Å². The quantitative estimate of drug-likeness (QED) is 0.569. The van der Waals surface area contributed by atoms with Crippen molar-refractivity contribution in [2.75, 3.05) is 0 Å². The predicted octanol–water partition coefficient (Wildman–Crippen LogP) is 1.08. The zero-order valence-electron chi connectivity index (χ0n) is 7.05. The van der Waals surface area contributed by atoms with Crippen molar-refractivity contribution in [3.05, 3.63) is 11.6 Å². The summed E-state index contributed by atoms with van der Waals surface area (Å²) in [6, 6.07) is 0. The van der Waals surface area contributed by atoms with Crippen molar-refractivity contribution in [3.63, 3.8) is 0 Å². The Kier molecular flexibility index (Phi) is 3.06. The molecule has 0 fully saturated rings. The second-order valence-electron chi connectivity index (χ2n) is 2.80. The highest BCUT2D eigenvalue weighted by Gasteiger charge is 2.27. The molecule has 0 aliphatic heterocycles. The molecule has 0 saturated heterocycles. The van der Waals surface area contributed by atoms with Crippen molar-refractivity contribution in [1.82, 2.24) is 0 Å². The maximum atomic E-state index is 9.54. The van der Waals surface area contributed by atoms with Gasteiger partial charge in [0.1, 0.15) is 5.60 Å². The van der Waals surface area contributed by atoms with Gasteiger partial charge in [0.25, 0.3) is 0 Å². The minimum atomic E-state index is -1.07. The van der Waals surface area contributed by atoms with E-state index in [2.05, 4.69) is 0 Å². The molecule has 60 valence electrons. The molecule has 0 spiro atoms. The molecule has 0 saturated carbocycles. The van der Waals surface area contributed by atoms with Crippen molar-refractivity contribution in [3.8, 4) is 0 Å². The van der Waals surface area contributed by atoms with Crippen LogP contribution in [0.25, 0.3) is 0 Å². The van der Waals surface area contributed by atoms with Gasteiger partial charge in [-0.05, 0) is 33.3 Å². The van der Waals surface area contributed by atoms with E-state index in [9.17, 15) is 5.11 Å². The first-order chi connectivity index (χ1) is 4.42. The Morgan fingerprint density at radius 2 is 2.00 bits per heavy atom. The second-order valence-corrected chi connectivity index (χ2v) is 2.80. The number of aliphatic hydroxyl groups is 2. The molecule has 10 heavy (non-hydrogen) atoms. The fraction of sp³-hybridized carbons (Fsp3) is 0.750. The van der Waals surface area contributed by atoms with E-state index in [1.165, 1.54) is 0 Å². The summed E-state index contributed by atoms with van der Waals surface area (Å²) >= 11 is 0. The van der Waals surface area contributed by atoms with Crippen LogP contribution in [-0.2, 0) is 0 Å². The summed E-state index contributed by atoms with van der Waals surface area (Å²) in [6.07, 6.45) is 1.08. The number of aliphatic hydroxyl groups excluding tert-OH is 1. The lowest BCUT2D eigenvalue weighted by Crippen LogP contribution is -2.38. The van der Waals surface area contributed by atoms with Crippen molar-refractivity contribution in [2.24, 2.45) is 0 Å². The van der Waals surface area contributed by atoms with Crippen LogP contribution in [0, 0.1) is 0 Å². The van der Waals surface area contributed by atoms with E-state index in [0.29, 0.717) is 0 Å². The zero-order chi connectivity index (χ0) is 8.36. The SMILES string of the molecule is CC=C(C)C(C)(O)C(C)O. The molecule has 0 aromatic rings. The summed E-state index contributed by atoms with van der Waals surface area (Å²) in [5, 5.41) is 18.6. The average Bonchev–Trinajstić information content (AvgIpc) is 1.86. The Labute approximate surface area is 62.2 Å². The molecular weight excluding hydrogens is 128 g/mol. The monoisotopic (exact) mass is 144 g/mol. The summed E-state index contributed by atoms with van der Waals surface area (Å²) < 4.78 is 0. The number of allylic oxidation sites excluding steroid dienone is 1. The molecule has 0 heterocycles. The van der Waals surface area contributed by atoms with Crippen LogP contribution in [0.3, 0.4) is 0 Å². The Morgan fingerprint density at radius 1 is 1.60 bits per heavy atom. The molecule has 2 N–H and O–H groups in total. The Hall–Kier alpha value is -0.340. The van der Waals surface area contributed by atoms with Crippen LogP contribution in [-0.4, -0.2) is 21.9 Å². The van der Waals surface area contributed by atoms with Gasteiger partial charge >= 0.3 is 0 Å². The highest BCUT2D eigenvalue weighted by molar-refractivity contribution is 5.13. The van der Waals surface area contributed by atoms with E-state index in [4.69, 9.17) is 5.11 Å². The van der Waals surface area contributed by atoms with E-state index in [-0.39, 0.29) is 0 Å². The van der Waals surface area contributed by atoms with Crippen LogP contribution in [0.15, 0.2) is 11.6 Å². The summed E-state index contributed by atoms with van der Waals surface area (Å²) in [7, 11) is 0. The predicted molar refractivity (Wildman–Crippen MR) is 41.7 cm³/mol. The van der Waals surface area contributed by atoms with Gasteiger partial charge in [0.15, 0.2) is 0 Å². The molecule has 0 aliphatic rings. The van der Waals surface area contributed by atoms with Crippen molar-refractivity contribution >= 4 is 0 Å². The minimum Gasteiger partial charge on any atom is -0.390 e. The lowest BCUT2D eigenvalue weighted by molar-refractivity contribution is -0.0239. The first-order valence-corrected chi connectivity index (χ1v) is 3.46. The smallest absolute Gasteiger partial charge is 0.108 e. The fourth-order valence-electron chi connectivity index (χ4n) is 0.622. The molecule has 2 heteroatoms. The third kappa shape index (κ3) is 1.82. The molecule has 0 bridgehead atoms. The summed E-state index contributed by atoms with van der Waals surface area (Å²) in [5.74, 6) is 0. The van der Waals surface area contributed by atoms with Crippen LogP contribution in [0.5, 0.6) is 0 Å². The standard InChI is InChI=1S/C8H16O2/c1-5-6(2)8(4,10)7(3)9/h5,7,9-10H,1-4H3. The van der Waals surface area contributed by atoms with E-state index < -0.39 is 11.7 Å². The van der Waals surface area contributed by atoms with Gasteiger partial charge in [-0.3, -0.25) is 0 Å². The van der Waals surface area contributed by atoms with E-state index in [0.717, 1.165) is 5.57 Å². The fourth-order valence-corrected chi connectivity index (χ4v) is 0.622. The van der Waals surface area contributed by atoms with Crippen molar-refractivity contribution in [1.29, 1.82) is 0 Å². The molecule has 2 unspecified atom stereocenters. The number of hydrogen-bond acceptors (Lipinski definition) is 2. The largest absolute Gasteiger partial charge is 0.390 e. The van der Waals surface area contributed by atoms with Gasteiger partial charge < -0.3 is 10.2 Å². The number of hydrogen-bond donors (Lipinski definition) is 2. The van der Waals surface area contributed by atoms with E-state index in [1.807, 2.05) is 6.92 Å². The summed E-state index contributed by atoms with van der Waals surface area (Å²) in [5.41, 5.74) is -0.281. The third-order valence-corrected chi connectivity index (χ3v) is 2.04. The second kappa shape index (κ2) is 3.17.